The van der Waals surface area contributed by atoms with Gasteiger partial charge in [-0.3, -0.25) is 4.79 Å². The van der Waals surface area contributed by atoms with Crippen molar-refractivity contribution in [1.82, 2.24) is 10.1 Å². The van der Waals surface area contributed by atoms with Crippen molar-refractivity contribution in [3.05, 3.63) is 40.0 Å². The molecule has 0 fully saturated rings. The third-order valence-corrected chi connectivity index (χ3v) is 3.76. The molecule has 1 aromatic heterocycles. The first kappa shape index (κ1) is 16.7. The Morgan fingerprint density at radius 2 is 2.18 bits per heavy atom. The molecule has 1 heterocycles. The molecule has 5 nitrogen and oxygen atoms in total. The van der Waals surface area contributed by atoms with Crippen molar-refractivity contribution in [1.29, 1.82) is 0 Å². The molecule has 6 heteroatoms. The zero-order chi connectivity index (χ0) is 16.1. The average Bonchev–Trinajstić information content (AvgIpc) is 2.92. The van der Waals surface area contributed by atoms with Gasteiger partial charge in [-0.25, -0.2) is 0 Å². The highest BCUT2D eigenvalue weighted by Crippen LogP contribution is 2.21. The van der Waals surface area contributed by atoms with E-state index in [1.54, 1.807) is 0 Å². The van der Waals surface area contributed by atoms with E-state index in [1.807, 2.05) is 39.0 Å². The van der Waals surface area contributed by atoms with Crippen molar-refractivity contribution >= 4 is 27.5 Å². The van der Waals surface area contributed by atoms with E-state index in [0.717, 1.165) is 15.7 Å². The maximum Gasteiger partial charge on any atom is 0.226 e. The maximum atomic E-state index is 12.0. The van der Waals surface area contributed by atoms with Crippen LogP contribution < -0.4 is 5.32 Å². The van der Waals surface area contributed by atoms with E-state index in [-0.39, 0.29) is 11.8 Å². The Morgan fingerprint density at radius 1 is 1.41 bits per heavy atom. The monoisotopic (exact) mass is 365 g/mol. The number of aryl methyl sites for hydroxylation is 2. The quantitative estimate of drug-likeness (QED) is 0.831. The molecule has 118 valence electrons. The van der Waals surface area contributed by atoms with Crippen molar-refractivity contribution < 1.29 is 9.32 Å². The number of carbonyl (C=O) groups excluding carboxylic acids is 1. The summed E-state index contributed by atoms with van der Waals surface area (Å²) < 4.78 is 6.11. The van der Waals surface area contributed by atoms with Crippen LogP contribution in [0.25, 0.3) is 0 Å². The molecule has 0 aliphatic rings. The summed E-state index contributed by atoms with van der Waals surface area (Å²) in [4.78, 5) is 16.3. The summed E-state index contributed by atoms with van der Waals surface area (Å²) in [6.07, 6.45) is 1.72. The Morgan fingerprint density at radius 3 is 2.86 bits per heavy atom. The summed E-state index contributed by atoms with van der Waals surface area (Å²) in [6.45, 7) is 6.00. The molecule has 0 aliphatic carbocycles. The van der Waals surface area contributed by atoms with Crippen LogP contribution in [0.3, 0.4) is 0 Å². The third-order valence-electron chi connectivity index (χ3n) is 3.27. The van der Waals surface area contributed by atoms with E-state index in [9.17, 15) is 4.79 Å². The highest BCUT2D eigenvalue weighted by atomic mass is 79.9. The third kappa shape index (κ3) is 4.66. The van der Waals surface area contributed by atoms with Gasteiger partial charge in [-0.1, -0.05) is 41.0 Å². The van der Waals surface area contributed by atoms with Crippen LogP contribution in [0.4, 0.5) is 5.69 Å². The number of halogens is 1. The molecular formula is C16H20BrN3O2. The van der Waals surface area contributed by atoms with Crippen LogP contribution in [0.5, 0.6) is 0 Å². The molecule has 0 bridgehead atoms. The van der Waals surface area contributed by atoms with Crippen LogP contribution in [0.1, 0.15) is 49.9 Å². The van der Waals surface area contributed by atoms with Gasteiger partial charge in [0.1, 0.15) is 0 Å². The van der Waals surface area contributed by atoms with Gasteiger partial charge in [0.15, 0.2) is 5.82 Å². The lowest BCUT2D eigenvalue weighted by Gasteiger charge is -2.08. The van der Waals surface area contributed by atoms with E-state index >= 15 is 0 Å². The van der Waals surface area contributed by atoms with E-state index in [4.69, 9.17) is 4.52 Å². The summed E-state index contributed by atoms with van der Waals surface area (Å²) in [7, 11) is 0. The van der Waals surface area contributed by atoms with E-state index in [2.05, 4.69) is 31.4 Å². The van der Waals surface area contributed by atoms with E-state index in [0.29, 0.717) is 31.0 Å². The number of rotatable bonds is 6. The second-order valence-corrected chi connectivity index (χ2v) is 6.48. The highest BCUT2D eigenvalue weighted by Gasteiger charge is 2.11. The average molecular weight is 366 g/mol. The van der Waals surface area contributed by atoms with Crippen LogP contribution in [0, 0.1) is 6.92 Å². The molecule has 0 aliphatic heterocycles. The summed E-state index contributed by atoms with van der Waals surface area (Å²) in [5.74, 6) is 1.55. The predicted octanol–water partition coefficient (Wildman–Crippen LogP) is 4.23. The lowest BCUT2D eigenvalue weighted by molar-refractivity contribution is -0.116. The molecule has 0 atom stereocenters. The minimum atomic E-state index is -0.00945. The van der Waals surface area contributed by atoms with Crippen molar-refractivity contribution in [2.45, 2.75) is 46.0 Å². The molecule has 0 saturated carbocycles. The molecular weight excluding hydrogens is 346 g/mol. The van der Waals surface area contributed by atoms with Crippen molar-refractivity contribution in [2.75, 3.05) is 5.32 Å². The number of amides is 1. The van der Waals surface area contributed by atoms with Crippen LogP contribution in [0.2, 0.25) is 0 Å². The highest BCUT2D eigenvalue weighted by molar-refractivity contribution is 9.10. The largest absolute Gasteiger partial charge is 0.339 e. The Hall–Kier alpha value is -1.69. The van der Waals surface area contributed by atoms with Gasteiger partial charge in [0.25, 0.3) is 0 Å². The minimum absolute atomic E-state index is 0.00945. The summed E-state index contributed by atoms with van der Waals surface area (Å²) in [5.41, 5.74) is 1.87. The van der Waals surface area contributed by atoms with Crippen molar-refractivity contribution in [2.24, 2.45) is 0 Å². The molecule has 1 N–H and O–H groups in total. The number of anilines is 1. The number of hydrogen-bond donors (Lipinski definition) is 1. The molecule has 2 rings (SSSR count). The first-order chi connectivity index (χ1) is 10.5. The predicted molar refractivity (Wildman–Crippen MR) is 88.8 cm³/mol. The summed E-state index contributed by atoms with van der Waals surface area (Å²) in [6, 6.07) is 5.82. The number of nitrogens with zero attached hydrogens (tertiary/aromatic N) is 2. The van der Waals surface area contributed by atoms with Crippen LogP contribution in [0.15, 0.2) is 27.2 Å². The molecule has 0 spiro atoms. The molecule has 0 unspecified atom stereocenters. The summed E-state index contributed by atoms with van der Waals surface area (Å²) >= 11 is 3.40. The zero-order valence-electron chi connectivity index (χ0n) is 13.0. The maximum absolute atomic E-state index is 12.0. The molecule has 0 radical (unpaired) electrons. The van der Waals surface area contributed by atoms with Crippen LogP contribution >= 0.6 is 15.9 Å². The summed E-state index contributed by atoms with van der Waals surface area (Å²) in [5, 5.41) is 6.84. The number of hydrogen-bond acceptors (Lipinski definition) is 4. The molecule has 0 saturated heterocycles. The van der Waals surface area contributed by atoms with Gasteiger partial charge in [0, 0.05) is 28.9 Å². The Kier molecular flexibility index (Phi) is 5.71. The first-order valence-electron chi connectivity index (χ1n) is 7.34. The van der Waals surface area contributed by atoms with Gasteiger partial charge >= 0.3 is 0 Å². The lowest BCUT2D eigenvalue weighted by atomic mass is 10.2. The Balaban J connectivity index is 1.81. The Bertz CT molecular complexity index is 653. The zero-order valence-corrected chi connectivity index (χ0v) is 14.6. The second-order valence-electron chi connectivity index (χ2n) is 5.56. The molecule has 22 heavy (non-hydrogen) atoms. The fraction of sp³-hybridized carbons (Fsp3) is 0.438. The van der Waals surface area contributed by atoms with Gasteiger partial charge in [-0.15, -0.1) is 0 Å². The number of benzene rings is 1. The molecule has 2 aromatic rings. The van der Waals surface area contributed by atoms with Gasteiger partial charge in [-0.2, -0.15) is 4.98 Å². The van der Waals surface area contributed by atoms with Gasteiger partial charge in [-0.05, 0) is 31.0 Å². The molecule has 1 amide bonds. The van der Waals surface area contributed by atoms with Crippen molar-refractivity contribution in [3.8, 4) is 0 Å². The van der Waals surface area contributed by atoms with Gasteiger partial charge in [0.05, 0.1) is 0 Å². The van der Waals surface area contributed by atoms with E-state index < -0.39 is 0 Å². The Labute approximate surface area is 138 Å². The van der Waals surface area contributed by atoms with Crippen molar-refractivity contribution in [3.63, 3.8) is 0 Å². The SMILES string of the molecule is Cc1ccc(Br)cc1NC(=O)CCCc1nc(C(C)C)no1. The standard InChI is InChI=1S/C16H20BrN3O2/c1-10(2)16-19-15(22-20-16)6-4-5-14(21)18-13-9-12(17)8-7-11(13)3/h7-10H,4-6H2,1-3H3,(H,18,21). The van der Waals surface area contributed by atoms with Gasteiger partial charge < -0.3 is 9.84 Å². The smallest absolute Gasteiger partial charge is 0.226 e. The van der Waals surface area contributed by atoms with Crippen LogP contribution in [-0.2, 0) is 11.2 Å². The second kappa shape index (κ2) is 7.54. The number of nitrogens with one attached hydrogen (secondary N) is 1. The minimum Gasteiger partial charge on any atom is -0.339 e. The van der Waals surface area contributed by atoms with Gasteiger partial charge in [0.2, 0.25) is 11.8 Å². The van der Waals surface area contributed by atoms with E-state index in [1.165, 1.54) is 0 Å². The number of aromatic nitrogens is 2. The number of carbonyl (C=O) groups is 1. The van der Waals surface area contributed by atoms with Crippen LogP contribution in [-0.4, -0.2) is 16.0 Å². The first-order valence-corrected chi connectivity index (χ1v) is 8.13. The normalized spacial score (nSPS) is 11.0. The molecule has 1 aromatic carbocycles. The lowest BCUT2D eigenvalue weighted by Crippen LogP contribution is -2.12. The fourth-order valence-electron chi connectivity index (χ4n) is 1.95. The topological polar surface area (TPSA) is 68.0 Å². The fourth-order valence-corrected chi connectivity index (χ4v) is 2.31.